The zero-order chi connectivity index (χ0) is 11.8. The van der Waals surface area contributed by atoms with Crippen molar-refractivity contribution in [1.29, 1.82) is 0 Å². The van der Waals surface area contributed by atoms with Crippen LogP contribution in [0.15, 0.2) is 0 Å². The molecule has 2 N–H and O–H groups in total. The molecule has 1 aliphatic heterocycles. The molecular weight excluding hydrogens is 216 g/mol. The van der Waals surface area contributed by atoms with Gasteiger partial charge in [-0.25, -0.2) is 0 Å². The molecule has 2 atom stereocenters. The van der Waals surface area contributed by atoms with Crippen LogP contribution >= 0.6 is 11.8 Å². The van der Waals surface area contributed by atoms with Gasteiger partial charge in [0.15, 0.2) is 0 Å². The SMILES string of the molecule is CCCCCCC(CN)N(C)C1CCSC1. The van der Waals surface area contributed by atoms with Crippen molar-refractivity contribution in [3.05, 3.63) is 0 Å². The lowest BCUT2D eigenvalue weighted by molar-refractivity contribution is 0.179. The van der Waals surface area contributed by atoms with Crippen LogP contribution in [0.2, 0.25) is 0 Å². The van der Waals surface area contributed by atoms with Crippen LogP contribution < -0.4 is 5.73 Å². The Hall–Kier alpha value is 0.270. The number of rotatable bonds is 8. The largest absolute Gasteiger partial charge is 0.329 e. The number of nitrogens with two attached hydrogens (primary N) is 1. The van der Waals surface area contributed by atoms with Crippen LogP contribution in [0.4, 0.5) is 0 Å². The Morgan fingerprint density at radius 3 is 2.75 bits per heavy atom. The van der Waals surface area contributed by atoms with Gasteiger partial charge in [0.1, 0.15) is 0 Å². The molecule has 16 heavy (non-hydrogen) atoms. The Balaban J connectivity index is 2.22. The molecule has 0 aromatic heterocycles. The van der Waals surface area contributed by atoms with E-state index in [4.69, 9.17) is 5.73 Å². The molecule has 1 rings (SSSR count). The second kappa shape index (κ2) is 8.37. The number of unbranched alkanes of at least 4 members (excludes halogenated alkanes) is 3. The molecule has 0 aromatic carbocycles. The Morgan fingerprint density at radius 2 is 2.19 bits per heavy atom. The van der Waals surface area contributed by atoms with Crippen LogP contribution in [-0.2, 0) is 0 Å². The summed E-state index contributed by atoms with van der Waals surface area (Å²) in [5.41, 5.74) is 5.91. The van der Waals surface area contributed by atoms with Gasteiger partial charge in [0.2, 0.25) is 0 Å². The van der Waals surface area contributed by atoms with Crippen molar-refractivity contribution in [3.63, 3.8) is 0 Å². The minimum Gasteiger partial charge on any atom is -0.329 e. The van der Waals surface area contributed by atoms with E-state index in [2.05, 4.69) is 30.6 Å². The first-order chi connectivity index (χ1) is 7.79. The Morgan fingerprint density at radius 1 is 1.38 bits per heavy atom. The van der Waals surface area contributed by atoms with Crippen molar-refractivity contribution in [2.24, 2.45) is 5.73 Å². The average Bonchev–Trinajstić information content (AvgIpc) is 2.82. The van der Waals surface area contributed by atoms with E-state index in [9.17, 15) is 0 Å². The molecule has 2 unspecified atom stereocenters. The van der Waals surface area contributed by atoms with Gasteiger partial charge >= 0.3 is 0 Å². The number of thioether (sulfide) groups is 1. The molecule has 0 amide bonds. The van der Waals surface area contributed by atoms with Gasteiger partial charge in [-0.05, 0) is 25.6 Å². The van der Waals surface area contributed by atoms with Crippen LogP contribution in [-0.4, -0.2) is 42.1 Å². The predicted octanol–water partition coefficient (Wildman–Crippen LogP) is 2.72. The van der Waals surface area contributed by atoms with E-state index in [-0.39, 0.29) is 0 Å². The first-order valence-electron chi connectivity index (χ1n) is 6.79. The molecule has 1 saturated heterocycles. The fraction of sp³-hybridized carbons (Fsp3) is 1.00. The summed E-state index contributed by atoms with van der Waals surface area (Å²) in [4.78, 5) is 2.55. The van der Waals surface area contributed by atoms with Crippen LogP contribution in [0.1, 0.15) is 45.4 Å². The van der Waals surface area contributed by atoms with E-state index in [0.29, 0.717) is 6.04 Å². The van der Waals surface area contributed by atoms with E-state index < -0.39 is 0 Å². The van der Waals surface area contributed by atoms with Gasteiger partial charge in [0.05, 0.1) is 0 Å². The smallest absolute Gasteiger partial charge is 0.0218 e. The fourth-order valence-electron chi connectivity index (χ4n) is 2.44. The van der Waals surface area contributed by atoms with Crippen molar-refractivity contribution in [2.45, 2.75) is 57.5 Å². The molecule has 1 aliphatic rings. The summed E-state index contributed by atoms with van der Waals surface area (Å²) in [6.45, 7) is 3.09. The second-order valence-electron chi connectivity index (χ2n) is 4.92. The van der Waals surface area contributed by atoms with Crippen molar-refractivity contribution in [3.8, 4) is 0 Å². The predicted molar refractivity (Wildman–Crippen MR) is 75.1 cm³/mol. The number of hydrogen-bond acceptors (Lipinski definition) is 3. The van der Waals surface area contributed by atoms with Gasteiger partial charge in [-0.2, -0.15) is 11.8 Å². The maximum absolute atomic E-state index is 5.91. The summed E-state index contributed by atoms with van der Waals surface area (Å²) < 4.78 is 0. The Kier molecular flexibility index (Phi) is 7.50. The number of nitrogens with zero attached hydrogens (tertiary/aromatic N) is 1. The molecular formula is C13H28N2S. The number of likely N-dealkylation sites (N-methyl/N-ethyl adjacent to an activating group) is 1. The van der Waals surface area contributed by atoms with Gasteiger partial charge in [-0.1, -0.05) is 32.6 Å². The molecule has 0 saturated carbocycles. The molecule has 1 heterocycles. The third-order valence-electron chi connectivity index (χ3n) is 3.72. The fourth-order valence-corrected chi connectivity index (χ4v) is 3.72. The summed E-state index contributed by atoms with van der Waals surface area (Å²) in [6, 6.07) is 1.39. The van der Waals surface area contributed by atoms with E-state index in [1.807, 2.05) is 0 Å². The van der Waals surface area contributed by atoms with Crippen molar-refractivity contribution < 1.29 is 0 Å². The monoisotopic (exact) mass is 244 g/mol. The molecule has 0 aliphatic carbocycles. The molecule has 96 valence electrons. The van der Waals surface area contributed by atoms with Crippen LogP contribution in [0.5, 0.6) is 0 Å². The van der Waals surface area contributed by atoms with Crippen LogP contribution in [0, 0.1) is 0 Å². The minimum absolute atomic E-state index is 0.612. The lowest BCUT2D eigenvalue weighted by Crippen LogP contribution is -2.44. The highest BCUT2D eigenvalue weighted by molar-refractivity contribution is 7.99. The van der Waals surface area contributed by atoms with Gasteiger partial charge in [0, 0.05) is 24.4 Å². The maximum Gasteiger partial charge on any atom is 0.0218 e. The third-order valence-corrected chi connectivity index (χ3v) is 4.87. The first-order valence-corrected chi connectivity index (χ1v) is 7.94. The van der Waals surface area contributed by atoms with Gasteiger partial charge in [-0.15, -0.1) is 0 Å². The highest BCUT2D eigenvalue weighted by Gasteiger charge is 2.24. The van der Waals surface area contributed by atoms with Crippen molar-refractivity contribution in [1.82, 2.24) is 4.90 Å². The average molecular weight is 244 g/mol. The van der Waals surface area contributed by atoms with Crippen molar-refractivity contribution >= 4 is 11.8 Å². The maximum atomic E-state index is 5.91. The normalized spacial score (nSPS) is 22.9. The Labute approximate surface area is 105 Å². The molecule has 0 aromatic rings. The quantitative estimate of drug-likeness (QED) is 0.666. The summed E-state index contributed by atoms with van der Waals surface area (Å²) in [5.74, 6) is 2.64. The topological polar surface area (TPSA) is 29.3 Å². The zero-order valence-corrected chi connectivity index (χ0v) is 11.8. The van der Waals surface area contributed by atoms with Gasteiger partial charge < -0.3 is 5.73 Å². The van der Waals surface area contributed by atoms with Crippen molar-refractivity contribution in [2.75, 3.05) is 25.1 Å². The molecule has 0 spiro atoms. The zero-order valence-electron chi connectivity index (χ0n) is 11.0. The summed E-state index contributed by atoms with van der Waals surface area (Å²) in [5, 5.41) is 0. The van der Waals surface area contributed by atoms with E-state index >= 15 is 0 Å². The summed E-state index contributed by atoms with van der Waals surface area (Å²) >= 11 is 2.09. The van der Waals surface area contributed by atoms with E-state index in [0.717, 1.165) is 12.6 Å². The molecule has 0 bridgehead atoms. The molecule has 0 radical (unpaired) electrons. The van der Waals surface area contributed by atoms with E-state index in [1.165, 1.54) is 50.0 Å². The standard InChI is InChI=1S/C13H28N2S/c1-3-4-5-6-7-12(10-14)15(2)13-8-9-16-11-13/h12-13H,3-11,14H2,1-2H3. The lowest BCUT2D eigenvalue weighted by Gasteiger charge is -2.32. The highest BCUT2D eigenvalue weighted by Crippen LogP contribution is 2.23. The molecule has 2 nitrogen and oxygen atoms in total. The van der Waals surface area contributed by atoms with Crippen LogP contribution in [0.25, 0.3) is 0 Å². The first kappa shape index (κ1) is 14.3. The lowest BCUT2D eigenvalue weighted by atomic mass is 10.0. The summed E-state index contributed by atoms with van der Waals surface area (Å²) in [6.07, 6.45) is 8.06. The number of hydrogen-bond donors (Lipinski definition) is 1. The van der Waals surface area contributed by atoms with Crippen LogP contribution in [0.3, 0.4) is 0 Å². The van der Waals surface area contributed by atoms with E-state index in [1.54, 1.807) is 0 Å². The molecule has 3 heteroatoms. The highest BCUT2D eigenvalue weighted by atomic mass is 32.2. The minimum atomic E-state index is 0.612. The Bertz CT molecular complexity index is 169. The second-order valence-corrected chi connectivity index (χ2v) is 6.07. The molecule has 1 fully saturated rings. The van der Waals surface area contributed by atoms with Gasteiger partial charge in [0.25, 0.3) is 0 Å². The summed E-state index contributed by atoms with van der Waals surface area (Å²) in [7, 11) is 2.27. The van der Waals surface area contributed by atoms with Gasteiger partial charge in [-0.3, -0.25) is 4.90 Å². The third kappa shape index (κ3) is 4.64.